The van der Waals surface area contributed by atoms with Crippen molar-refractivity contribution in [3.05, 3.63) is 36.0 Å². The summed E-state index contributed by atoms with van der Waals surface area (Å²) < 4.78 is 0. The molecule has 1 amide bonds. The van der Waals surface area contributed by atoms with Crippen LogP contribution in [0.15, 0.2) is 30.5 Å². The number of likely N-dealkylation sites (N-methyl/N-ethyl adjacent to an activating group) is 1. The van der Waals surface area contributed by atoms with Gasteiger partial charge < -0.3 is 15.6 Å². The van der Waals surface area contributed by atoms with E-state index in [4.69, 9.17) is 0 Å². The summed E-state index contributed by atoms with van der Waals surface area (Å²) in [6, 6.07) is 7.68. The Labute approximate surface area is 160 Å². The monoisotopic (exact) mass is 371 g/mol. The Morgan fingerprint density at radius 1 is 1.15 bits per heavy atom. The Hall–Kier alpha value is -2.47. The smallest absolute Gasteiger partial charge is 0.216 e. The molecule has 0 radical (unpaired) electrons. The molecule has 0 aliphatic heterocycles. The highest BCUT2D eigenvalue weighted by Crippen LogP contribution is 2.21. The van der Waals surface area contributed by atoms with E-state index >= 15 is 0 Å². The number of rotatable bonds is 11. The minimum Gasteiger partial charge on any atom is -0.361 e. The summed E-state index contributed by atoms with van der Waals surface area (Å²) in [5.74, 6) is -0.319. The number of para-hydroxylation sites is 1. The molecule has 1 aromatic heterocycles. The largest absolute Gasteiger partial charge is 0.361 e. The average molecular weight is 371 g/mol. The molecule has 1 heterocycles. The van der Waals surface area contributed by atoms with Gasteiger partial charge in [-0.2, -0.15) is 0 Å². The molecule has 27 heavy (non-hydrogen) atoms. The van der Waals surface area contributed by atoms with Gasteiger partial charge in [0.05, 0.1) is 6.04 Å². The topological polar surface area (TPSA) is 91.1 Å². The summed E-state index contributed by atoms with van der Waals surface area (Å²) in [5.41, 5.74) is 2.14. The zero-order valence-corrected chi connectivity index (χ0v) is 16.3. The molecule has 2 atom stereocenters. The Morgan fingerprint density at radius 3 is 2.56 bits per heavy atom. The number of Topliss-reactive ketones (excluding diaryl/α,β-unsaturated/α-hetero) is 2. The standard InChI is InChI=1S/C21H29N3O3/c1-14(25)16(7-6-10-23-15(2)26)12-21(27)20(22-3)11-17-13-24-19-9-5-4-8-18(17)19/h4-5,8-9,13,16,20,22,24H,6-7,10-12H2,1-3H3,(H,23,26)/t16-,20+/m1/s1. The number of ketones is 2. The van der Waals surface area contributed by atoms with Crippen LogP contribution in [0.4, 0.5) is 0 Å². The fourth-order valence-electron chi connectivity index (χ4n) is 3.34. The van der Waals surface area contributed by atoms with Crippen molar-refractivity contribution in [3.63, 3.8) is 0 Å². The molecule has 0 saturated carbocycles. The Bertz CT molecular complexity index is 797. The van der Waals surface area contributed by atoms with Crippen molar-refractivity contribution < 1.29 is 14.4 Å². The molecule has 146 valence electrons. The van der Waals surface area contributed by atoms with Gasteiger partial charge in [-0.3, -0.25) is 14.4 Å². The molecular formula is C21H29N3O3. The van der Waals surface area contributed by atoms with Crippen LogP contribution in [0.2, 0.25) is 0 Å². The van der Waals surface area contributed by atoms with Crippen molar-refractivity contribution >= 4 is 28.4 Å². The van der Waals surface area contributed by atoms with Crippen LogP contribution >= 0.6 is 0 Å². The maximum Gasteiger partial charge on any atom is 0.216 e. The van der Waals surface area contributed by atoms with E-state index in [0.29, 0.717) is 25.8 Å². The summed E-state index contributed by atoms with van der Waals surface area (Å²) in [7, 11) is 1.77. The average Bonchev–Trinajstić information content (AvgIpc) is 3.04. The van der Waals surface area contributed by atoms with E-state index in [1.165, 1.54) is 13.8 Å². The Balaban J connectivity index is 1.97. The predicted octanol–water partition coefficient (Wildman–Crippen LogP) is 2.38. The van der Waals surface area contributed by atoms with Gasteiger partial charge >= 0.3 is 0 Å². The van der Waals surface area contributed by atoms with Crippen molar-refractivity contribution in [2.24, 2.45) is 5.92 Å². The van der Waals surface area contributed by atoms with Gasteiger partial charge in [-0.1, -0.05) is 18.2 Å². The van der Waals surface area contributed by atoms with Crippen LogP contribution in [-0.4, -0.2) is 42.1 Å². The third-order valence-electron chi connectivity index (χ3n) is 4.96. The first-order chi connectivity index (χ1) is 12.9. The third-order valence-corrected chi connectivity index (χ3v) is 4.96. The van der Waals surface area contributed by atoms with E-state index in [2.05, 4.69) is 15.6 Å². The quantitative estimate of drug-likeness (QED) is 0.529. The number of amides is 1. The lowest BCUT2D eigenvalue weighted by Gasteiger charge is -2.19. The summed E-state index contributed by atoms with van der Waals surface area (Å²) in [6.07, 6.45) is 4.03. The third kappa shape index (κ3) is 6.03. The molecule has 0 aliphatic carbocycles. The normalized spacial score (nSPS) is 13.3. The van der Waals surface area contributed by atoms with E-state index in [1.807, 2.05) is 30.5 Å². The first-order valence-corrected chi connectivity index (χ1v) is 9.42. The van der Waals surface area contributed by atoms with E-state index in [9.17, 15) is 14.4 Å². The van der Waals surface area contributed by atoms with E-state index in [1.54, 1.807) is 7.05 Å². The van der Waals surface area contributed by atoms with Gasteiger partial charge in [0, 0.05) is 42.9 Å². The molecule has 0 unspecified atom stereocenters. The highest BCUT2D eigenvalue weighted by molar-refractivity contribution is 5.91. The number of benzene rings is 1. The van der Waals surface area contributed by atoms with Crippen molar-refractivity contribution in [2.45, 2.75) is 45.6 Å². The van der Waals surface area contributed by atoms with Crippen molar-refractivity contribution in [1.29, 1.82) is 0 Å². The second-order valence-corrected chi connectivity index (χ2v) is 7.01. The first-order valence-electron chi connectivity index (χ1n) is 9.42. The van der Waals surface area contributed by atoms with Gasteiger partial charge in [-0.15, -0.1) is 0 Å². The van der Waals surface area contributed by atoms with Gasteiger partial charge in [0.15, 0.2) is 5.78 Å². The number of carbonyl (C=O) groups is 3. The second-order valence-electron chi connectivity index (χ2n) is 7.01. The number of H-pyrrole nitrogens is 1. The molecule has 0 aliphatic rings. The molecule has 0 fully saturated rings. The summed E-state index contributed by atoms with van der Waals surface area (Å²) in [5, 5.41) is 6.94. The fourth-order valence-corrected chi connectivity index (χ4v) is 3.34. The highest BCUT2D eigenvalue weighted by atomic mass is 16.1. The zero-order valence-electron chi connectivity index (χ0n) is 16.3. The van der Waals surface area contributed by atoms with Gasteiger partial charge in [-0.05, 0) is 44.9 Å². The summed E-state index contributed by atoms with van der Waals surface area (Å²) >= 11 is 0. The molecule has 6 nitrogen and oxygen atoms in total. The molecule has 6 heteroatoms. The summed E-state index contributed by atoms with van der Waals surface area (Å²) in [6.45, 7) is 3.52. The maximum absolute atomic E-state index is 12.8. The van der Waals surface area contributed by atoms with Crippen LogP contribution < -0.4 is 10.6 Å². The first kappa shape index (κ1) is 20.8. The van der Waals surface area contributed by atoms with Crippen LogP contribution in [0.1, 0.15) is 38.7 Å². The molecule has 2 rings (SSSR count). The lowest BCUT2D eigenvalue weighted by Crippen LogP contribution is -2.37. The van der Waals surface area contributed by atoms with E-state index in [0.717, 1.165) is 16.5 Å². The van der Waals surface area contributed by atoms with E-state index in [-0.39, 0.29) is 35.9 Å². The lowest BCUT2D eigenvalue weighted by molar-refractivity contribution is -0.128. The minimum atomic E-state index is -0.332. The number of aromatic amines is 1. The van der Waals surface area contributed by atoms with E-state index < -0.39 is 0 Å². The van der Waals surface area contributed by atoms with Crippen LogP contribution in [-0.2, 0) is 20.8 Å². The SMILES string of the molecule is CN[C@@H](Cc1c[nH]c2ccccc12)C(=O)C[C@@H](CCCNC(C)=O)C(C)=O. The molecule has 2 aromatic rings. The Kier molecular flexibility index (Phi) is 7.73. The van der Waals surface area contributed by atoms with Gasteiger partial charge in [0.25, 0.3) is 0 Å². The van der Waals surface area contributed by atoms with Crippen LogP contribution in [0, 0.1) is 5.92 Å². The second kappa shape index (κ2) is 10.0. The van der Waals surface area contributed by atoms with Gasteiger partial charge in [0.2, 0.25) is 5.91 Å². The number of hydrogen-bond acceptors (Lipinski definition) is 4. The lowest BCUT2D eigenvalue weighted by atomic mass is 9.89. The van der Waals surface area contributed by atoms with Crippen molar-refractivity contribution in [1.82, 2.24) is 15.6 Å². The van der Waals surface area contributed by atoms with Crippen LogP contribution in [0.5, 0.6) is 0 Å². The predicted molar refractivity (Wildman–Crippen MR) is 107 cm³/mol. The summed E-state index contributed by atoms with van der Waals surface area (Å²) in [4.78, 5) is 38.9. The number of hydrogen-bond donors (Lipinski definition) is 3. The van der Waals surface area contributed by atoms with Gasteiger partial charge in [-0.25, -0.2) is 0 Å². The molecule has 1 aromatic carbocycles. The number of carbonyl (C=O) groups excluding carboxylic acids is 3. The Morgan fingerprint density at radius 2 is 1.89 bits per heavy atom. The number of aromatic nitrogens is 1. The van der Waals surface area contributed by atoms with Gasteiger partial charge in [0.1, 0.15) is 5.78 Å². The molecule has 0 spiro atoms. The maximum atomic E-state index is 12.8. The fraction of sp³-hybridized carbons (Fsp3) is 0.476. The minimum absolute atomic E-state index is 0.0214. The highest BCUT2D eigenvalue weighted by Gasteiger charge is 2.24. The zero-order chi connectivity index (χ0) is 19.8. The number of nitrogens with one attached hydrogen (secondary N) is 3. The molecule has 0 bridgehead atoms. The van der Waals surface area contributed by atoms with Crippen molar-refractivity contribution in [2.75, 3.05) is 13.6 Å². The molecule has 3 N–H and O–H groups in total. The van der Waals surface area contributed by atoms with Crippen LogP contribution in [0.25, 0.3) is 10.9 Å². The van der Waals surface area contributed by atoms with Crippen LogP contribution in [0.3, 0.4) is 0 Å². The van der Waals surface area contributed by atoms with Crippen molar-refractivity contribution in [3.8, 4) is 0 Å². The molecular weight excluding hydrogens is 342 g/mol. The number of fused-ring (bicyclic) bond motifs is 1. The molecule has 0 saturated heterocycles.